The summed E-state index contributed by atoms with van der Waals surface area (Å²) >= 11 is 0. The van der Waals surface area contributed by atoms with Gasteiger partial charge in [0.2, 0.25) is 5.91 Å². The predicted octanol–water partition coefficient (Wildman–Crippen LogP) is -0.684. The summed E-state index contributed by atoms with van der Waals surface area (Å²) in [7, 11) is 0. The Morgan fingerprint density at radius 1 is 1.25 bits per heavy atom. The van der Waals surface area contributed by atoms with Gasteiger partial charge in [-0.15, -0.1) is 0 Å². The fourth-order valence-corrected chi connectivity index (χ4v) is 2.16. The molecule has 3 amide bonds. The number of carbonyl (C=O) groups excluding carboxylic acids is 3. The van der Waals surface area contributed by atoms with Crippen molar-refractivity contribution in [1.82, 2.24) is 10.2 Å². The maximum Gasteiger partial charge on any atom is 0.270 e. The highest BCUT2D eigenvalue weighted by atomic mass is 16.6. The van der Waals surface area contributed by atoms with Crippen molar-refractivity contribution in [2.75, 3.05) is 32.9 Å². The molecule has 0 aliphatic carbocycles. The van der Waals surface area contributed by atoms with Crippen LogP contribution in [-0.2, 0) is 9.53 Å². The number of hydrogen-bond donors (Lipinski definition) is 2. The molecule has 1 aromatic carbocycles. The van der Waals surface area contributed by atoms with Crippen molar-refractivity contribution in [3.63, 3.8) is 0 Å². The molecule has 1 aliphatic heterocycles. The first-order chi connectivity index (χ1) is 11.5. The summed E-state index contributed by atoms with van der Waals surface area (Å²) in [6.07, 6.45) is 0. The molecule has 1 aromatic rings. The molecule has 10 nitrogen and oxygen atoms in total. The molecular weight excluding hydrogens is 322 g/mol. The molecule has 24 heavy (non-hydrogen) atoms. The molecule has 2 N–H and O–H groups in total. The predicted molar refractivity (Wildman–Crippen MR) is 79.4 cm³/mol. The third-order valence-electron chi connectivity index (χ3n) is 3.27. The van der Waals surface area contributed by atoms with Crippen LogP contribution in [0, 0.1) is 10.1 Å². The summed E-state index contributed by atoms with van der Waals surface area (Å²) in [4.78, 5) is 46.9. The Morgan fingerprint density at radius 2 is 1.96 bits per heavy atom. The smallest absolute Gasteiger partial charge is 0.270 e. The van der Waals surface area contributed by atoms with E-state index < -0.39 is 29.2 Å². The van der Waals surface area contributed by atoms with Crippen LogP contribution in [0.1, 0.15) is 20.7 Å². The lowest BCUT2D eigenvalue weighted by molar-refractivity contribution is -0.384. The number of amides is 3. The number of nitrogens with one attached hydrogen (secondary N) is 1. The van der Waals surface area contributed by atoms with Crippen LogP contribution in [-0.4, -0.2) is 65.6 Å². The summed E-state index contributed by atoms with van der Waals surface area (Å²) in [5.74, 6) is -1.98. The molecule has 1 heterocycles. The maximum absolute atomic E-state index is 12.2. The average molecular weight is 337 g/mol. The van der Waals surface area contributed by atoms with Gasteiger partial charge in [0.15, 0.2) is 0 Å². The van der Waals surface area contributed by atoms with Crippen LogP contribution in [0.4, 0.5) is 5.69 Å². The Morgan fingerprint density at radius 3 is 2.62 bits per heavy atom. The van der Waals surface area contributed by atoms with E-state index >= 15 is 0 Å². The number of aliphatic hydroxyl groups excluding tert-OH is 1. The summed E-state index contributed by atoms with van der Waals surface area (Å²) in [6, 6.07) is 3.36. The van der Waals surface area contributed by atoms with Crippen LogP contribution in [0.25, 0.3) is 0 Å². The van der Waals surface area contributed by atoms with Gasteiger partial charge in [0.25, 0.3) is 17.5 Å². The number of hydrogen-bond acceptors (Lipinski definition) is 7. The SMILES string of the molecule is O=C(CN1C(=O)c2ccc([N+](=O)[O-])cc2C1=O)NCCOCCO. The van der Waals surface area contributed by atoms with Crippen molar-refractivity contribution in [2.24, 2.45) is 0 Å². The third kappa shape index (κ3) is 3.73. The van der Waals surface area contributed by atoms with Gasteiger partial charge < -0.3 is 15.2 Å². The molecule has 0 fully saturated rings. The van der Waals surface area contributed by atoms with Gasteiger partial charge in [0.05, 0.1) is 35.9 Å². The first-order valence-electron chi connectivity index (χ1n) is 7.05. The van der Waals surface area contributed by atoms with Gasteiger partial charge in [-0.2, -0.15) is 0 Å². The Hall–Kier alpha value is -2.85. The lowest BCUT2D eigenvalue weighted by Crippen LogP contribution is -2.41. The quantitative estimate of drug-likeness (QED) is 0.277. The highest BCUT2D eigenvalue weighted by molar-refractivity contribution is 6.22. The molecule has 0 spiro atoms. The number of aliphatic hydroxyl groups is 1. The van der Waals surface area contributed by atoms with Crippen molar-refractivity contribution in [3.8, 4) is 0 Å². The fraction of sp³-hybridized carbons (Fsp3) is 0.357. The molecule has 2 rings (SSSR count). The van der Waals surface area contributed by atoms with Gasteiger partial charge in [-0.3, -0.25) is 29.4 Å². The molecule has 0 aromatic heterocycles. The molecule has 0 saturated carbocycles. The first-order valence-corrected chi connectivity index (χ1v) is 7.05. The van der Waals surface area contributed by atoms with Gasteiger partial charge in [0.1, 0.15) is 6.54 Å². The number of nitrogens with zero attached hydrogens (tertiary/aromatic N) is 2. The van der Waals surface area contributed by atoms with Gasteiger partial charge >= 0.3 is 0 Å². The van der Waals surface area contributed by atoms with Crippen molar-refractivity contribution >= 4 is 23.4 Å². The van der Waals surface area contributed by atoms with E-state index in [4.69, 9.17) is 9.84 Å². The molecule has 10 heteroatoms. The number of carbonyl (C=O) groups is 3. The summed E-state index contributed by atoms with van der Waals surface area (Å²) < 4.78 is 4.96. The normalized spacial score (nSPS) is 13.1. The van der Waals surface area contributed by atoms with Crippen molar-refractivity contribution in [2.45, 2.75) is 0 Å². The zero-order valence-electron chi connectivity index (χ0n) is 12.6. The van der Waals surface area contributed by atoms with E-state index in [0.29, 0.717) is 0 Å². The number of nitro groups is 1. The van der Waals surface area contributed by atoms with Crippen molar-refractivity contribution in [1.29, 1.82) is 0 Å². The van der Waals surface area contributed by atoms with Crippen LogP contribution >= 0.6 is 0 Å². The number of non-ortho nitro benzene ring substituents is 1. The van der Waals surface area contributed by atoms with Crippen LogP contribution in [0.15, 0.2) is 18.2 Å². The zero-order chi connectivity index (χ0) is 17.7. The van der Waals surface area contributed by atoms with E-state index in [9.17, 15) is 24.5 Å². The van der Waals surface area contributed by atoms with E-state index in [-0.39, 0.29) is 43.2 Å². The van der Waals surface area contributed by atoms with Gasteiger partial charge in [-0.25, -0.2) is 0 Å². The lowest BCUT2D eigenvalue weighted by atomic mass is 10.1. The number of imide groups is 1. The second-order valence-electron chi connectivity index (χ2n) is 4.87. The molecule has 0 radical (unpaired) electrons. The topological polar surface area (TPSA) is 139 Å². The van der Waals surface area contributed by atoms with Crippen LogP contribution in [0.3, 0.4) is 0 Å². The monoisotopic (exact) mass is 337 g/mol. The number of fused-ring (bicyclic) bond motifs is 1. The molecule has 0 saturated heterocycles. The average Bonchev–Trinajstić information content (AvgIpc) is 2.79. The van der Waals surface area contributed by atoms with E-state index in [1.54, 1.807) is 0 Å². The van der Waals surface area contributed by atoms with E-state index in [1.807, 2.05) is 0 Å². The highest BCUT2D eigenvalue weighted by Crippen LogP contribution is 2.26. The van der Waals surface area contributed by atoms with E-state index in [1.165, 1.54) is 6.07 Å². The zero-order valence-corrected chi connectivity index (χ0v) is 12.6. The maximum atomic E-state index is 12.2. The van der Waals surface area contributed by atoms with Gasteiger partial charge in [-0.1, -0.05) is 0 Å². The second kappa shape index (κ2) is 7.62. The number of rotatable bonds is 8. The number of nitro benzene ring substituents is 1. The minimum atomic E-state index is -0.745. The third-order valence-corrected chi connectivity index (χ3v) is 3.27. The molecule has 128 valence electrons. The largest absolute Gasteiger partial charge is 0.394 e. The van der Waals surface area contributed by atoms with Gasteiger partial charge in [-0.05, 0) is 6.07 Å². The second-order valence-corrected chi connectivity index (χ2v) is 4.87. The molecular formula is C14H15N3O7. The first kappa shape index (κ1) is 17.5. The minimum Gasteiger partial charge on any atom is -0.394 e. The Labute approximate surface area is 136 Å². The van der Waals surface area contributed by atoms with Crippen LogP contribution < -0.4 is 5.32 Å². The van der Waals surface area contributed by atoms with Crippen LogP contribution in [0.5, 0.6) is 0 Å². The Balaban J connectivity index is 1.98. The summed E-state index contributed by atoms with van der Waals surface area (Å²) in [5.41, 5.74) is -0.361. The van der Waals surface area contributed by atoms with Crippen LogP contribution in [0.2, 0.25) is 0 Å². The van der Waals surface area contributed by atoms with Crippen molar-refractivity contribution < 1.29 is 29.2 Å². The lowest BCUT2D eigenvalue weighted by Gasteiger charge is -2.13. The number of ether oxygens (including phenoxy) is 1. The standard InChI is InChI=1S/C14H15N3O7/c18-4-6-24-5-3-15-12(19)8-16-13(20)10-2-1-9(17(22)23)7-11(10)14(16)21/h1-2,7,18H,3-6,8H2,(H,15,19). The fourth-order valence-electron chi connectivity index (χ4n) is 2.16. The summed E-state index contributed by atoms with van der Waals surface area (Å²) in [6.45, 7) is -0.129. The molecule has 0 bridgehead atoms. The highest BCUT2D eigenvalue weighted by Gasteiger charge is 2.37. The molecule has 0 unspecified atom stereocenters. The Kier molecular flexibility index (Phi) is 5.55. The molecule has 0 atom stereocenters. The van der Waals surface area contributed by atoms with E-state index in [2.05, 4.69) is 5.32 Å². The van der Waals surface area contributed by atoms with E-state index in [0.717, 1.165) is 17.0 Å². The minimum absolute atomic E-state index is 0.0321. The van der Waals surface area contributed by atoms with Gasteiger partial charge in [0, 0.05) is 18.7 Å². The summed E-state index contributed by atoms with van der Waals surface area (Å²) in [5, 5.41) is 21.7. The van der Waals surface area contributed by atoms with Crippen molar-refractivity contribution in [3.05, 3.63) is 39.4 Å². The molecule has 1 aliphatic rings. The Bertz CT molecular complexity index is 689. The number of benzene rings is 1.